The van der Waals surface area contributed by atoms with E-state index in [1.54, 1.807) is 14.1 Å². The largest absolute Gasteiger partial charge is 0.480 e. The molecule has 2 N–H and O–H groups in total. The van der Waals surface area contributed by atoms with Crippen LogP contribution in [-0.2, 0) is 4.79 Å². The number of likely N-dealkylation sites (N-methyl/N-ethyl adjacent to an activating group) is 1. The zero-order chi connectivity index (χ0) is 11.7. The molecule has 0 aromatic carbocycles. The molecule has 1 aliphatic rings. The Morgan fingerprint density at radius 1 is 1.40 bits per heavy atom. The third-order valence-electron chi connectivity index (χ3n) is 2.55. The van der Waals surface area contributed by atoms with Gasteiger partial charge in [-0.3, -0.25) is 4.90 Å². The second-order valence-corrected chi connectivity index (χ2v) is 3.69. The Hall–Kier alpha value is -1.37. The Labute approximate surface area is 85.9 Å². The van der Waals surface area contributed by atoms with Crippen LogP contribution in [0, 0.1) is 0 Å². The van der Waals surface area contributed by atoms with Gasteiger partial charge in [0.2, 0.25) is 0 Å². The third kappa shape index (κ3) is 2.01. The molecule has 7 heteroatoms. The van der Waals surface area contributed by atoms with Gasteiger partial charge in [-0.05, 0) is 14.1 Å². The SMILES string of the molecule is CN(C)[C@@H]1CN(C(=O)O)[C@H](C(=O)O)[C@H]1F. The number of likely N-dealkylation sites (tertiary alicyclic amines) is 1. The Morgan fingerprint density at radius 3 is 2.20 bits per heavy atom. The molecule has 6 nitrogen and oxygen atoms in total. The molecule has 86 valence electrons. The highest BCUT2D eigenvalue weighted by Crippen LogP contribution is 2.24. The first-order valence-electron chi connectivity index (χ1n) is 4.39. The van der Waals surface area contributed by atoms with E-state index in [0.717, 1.165) is 0 Å². The number of nitrogens with zero attached hydrogens (tertiary/aromatic N) is 2. The second-order valence-electron chi connectivity index (χ2n) is 3.69. The first-order valence-corrected chi connectivity index (χ1v) is 4.39. The molecular weight excluding hydrogens is 207 g/mol. The summed E-state index contributed by atoms with van der Waals surface area (Å²) in [5, 5.41) is 17.5. The molecule has 1 aliphatic heterocycles. The Balaban J connectivity index is 2.92. The van der Waals surface area contributed by atoms with Crippen LogP contribution in [-0.4, -0.2) is 71.0 Å². The topological polar surface area (TPSA) is 81.1 Å². The van der Waals surface area contributed by atoms with Crippen molar-refractivity contribution in [1.82, 2.24) is 9.80 Å². The lowest BCUT2D eigenvalue weighted by Crippen LogP contribution is -2.44. The van der Waals surface area contributed by atoms with Crippen LogP contribution in [0.5, 0.6) is 0 Å². The molecule has 1 fully saturated rings. The molecule has 3 atom stereocenters. The number of alkyl halides is 1. The molecular formula is C8H13FN2O4. The van der Waals surface area contributed by atoms with Crippen molar-refractivity contribution in [3.05, 3.63) is 0 Å². The second kappa shape index (κ2) is 4.01. The van der Waals surface area contributed by atoms with E-state index in [2.05, 4.69) is 0 Å². The molecule has 0 bridgehead atoms. The van der Waals surface area contributed by atoms with E-state index in [-0.39, 0.29) is 6.54 Å². The molecule has 0 radical (unpaired) electrons. The lowest BCUT2D eigenvalue weighted by Gasteiger charge is -2.20. The number of carboxylic acids is 1. The van der Waals surface area contributed by atoms with Crippen LogP contribution in [0.25, 0.3) is 0 Å². The number of hydrogen-bond acceptors (Lipinski definition) is 3. The van der Waals surface area contributed by atoms with Gasteiger partial charge in [0.25, 0.3) is 0 Å². The number of aliphatic carboxylic acids is 1. The maximum atomic E-state index is 13.6. The molecule has 0 aromatic rings. The number of halogens is 1. The molecule has 1 amide bonds. The van der Waals surface area contributed by atoms with Crippen molar-refractivity contribution in [1.29, 1.82) is 0 Å². The lowest BCUT2D eigenvalue weighted by atomic mass is 10.1. The minimum atomic E-state index is -1.70. The maximum Gasteiger partial charge on any atom is 0.408 e. The summed E-state index contributed by atoms with van der Waals surface area (Å²) in [6, 6.07) is -2.31. The van der Waals surface area contributed by atoms with Crippen LogP contribution in [0.15, 0.2) is 0 Å². The summed E-state index contributed by atoms with van der Waals surface area (Å²) < 4.78 is 13.6. The summed E-state index contributed by atoms with van der Waals surface area (Å²) in [6.45, 7) is -0.125. The van der Waals surface area contributed by atoms with E-state index in [4.69, 9.17) is 10.2 Å². The van der Waals surface area contributed by atoms with Crippen molar-refractivity contribution >= 4 is 12.1 Å². The van der Waals surface area contributed by atoms with Gasteiger partial charge >= 0.3 is 12.1 Å². The van der Waals surface area contributed by atoms with Gasteiger partial charge in [0, 0.05) is 6.54 Å². The van der Waals surface area contributed by atoms with Gasteiger partial charge in [-0.1, -0.05) is 0 Å². The fourth-order valence-corrected chi connectivity index (χ4v) is 1.71. The normalized spacial score (nSPS) is 30.9. The van der Waals surface area contributed by atoms with Gasteiger partial charge in [0.15, 0.2) is 6.04 Å². The fourth-order valence-electron chi connectivity index (χ4n) is 1.71. The van der Waals surface area contributed by atoms with Crippen LogP contribution in [0.2, 0.25) is 0 Å². The Bertz CT molecular complexity index is 284. The van der Waals surface area contributed by atoms with Crippen LogP contribution >= 0.6 is 0 Å². The lowest BCUT2D eigenvalue weighted by molar-refractivity contribution is -0.143. The van der Waals surface area contributed by atoms with Crippen LogP contribution < -0.4 is 0 Å². The van der Waals surface area contributed by atoms with E-state index in [1.807, 2.05) is 0 Å². The number of hydrogen-bond donors (Lipinski definition) is 2. The van der Waals surface area contributed by atoms with Crippen LogP contribution in [0.4, 0.5) is 9.18 Å². The number of carboxylic acid groups (broad SMARTS) is 2. The van der Waals surface area contributed by atoms with Crippen molar-refractivity contribution in [3.63, 3.8) is 0 Å². The smallest absolute Gasteiger partial charge is 0.408 e. The highest BCUT2D eigenvalue weighted by Gasteiger charge is 2.49. The van der Waals surface area contributed by atoms with E-state index >= 15 is 0 Å². The zero-order valence-electron chi connectivity index (χ0n) is 8.42. The average Bonchev–Trinajstić information content (AvgIpc) is 2.42. The summed E-state index contributed by atoms with van der Waals surface area (Å²) in [6.07, 6.45) is -3.11. The average molecular weight is 220 g/mol. The first-order chi connectivity index (χ1) is 6.86. The molecule has 15 heavy (non-hydrogen) atoms. The van der Waals surface area contributed by atoms with E-state index in [1.165, 1.54) is 4.90 Å². The summed E-state index contributed by atoms with van der Waals surface area (Å²) in [4.78, 5) is 23.6. The van der Waals surface area contributed by atoms with Gasteiger partial charge in [0.05, 0.1) is 6.04 Å². The van der Waals surface area contributed by atoms with E-state index in [0.29, 0.717) is 4.90 Å². The zero-order valence-corrected chi connectivity index (χ0v) is 8.42. The Morgan fingerprint density at radius 2 is 1.93 bits per heavy atom. The highest BCUT2D eigenvalue weighted by atomic mass is 19.1. The first kappa shape index (κ1) is 11.7. The molecule has 1 rings (SSSR count). The maximum absolute atomic E-state index is 13.6. The third-order valence-corrected chi connectivity index (χ3v) is 2.55. The number of rotatable bonds is 2. The number of amides is 1. The van der Waals surface area contributed by atoms with Gasteiger partial charge in [-0.2, -0.15) is 0 Å². The predicted octanol–water partition coefficient (Wildman–Crippen LogP) is -0.299. The Kier molecular flexibility index (Phi) is 3.13. The van der Waals surface area contributed by atoms with Crippen molar-refractivity contribution in [3.8, 4) is 0 Å². The van der Waals surface area contributed by atoms with Crippen molar-refractivity contribution in [2.75, 3.05) is 20.6 Å². The quantitative estimate of drug-likeness (QED) is 0.667. The molecule has 1 saturated heterocycles. The van der Waals surface area contributed by atoms with Gasteiger partial charge in [-0.15, -0.1) is 0 Å². The monoisotopic (exact) mass is 220 g/mol. The molecule has 0 saturated carbocycles. The van der Waals surface area contributed by atoms with Crippen LogP contribution in [0.1, 0.15) is 0 Å². The summed E-state index contributed by atoms with van der Waals surface area (Å²) in [5.74, 6) is -1.45. The standard InChI is InChI=1S/C8H13FN2O4/c1-10(2)4-3-11(8(14)15)6(5(4)9)7(12)13/h4-6H,3H2,1-2H3,(H,12,13)(H,14,15)/t4-,5+,6+/m1/s1. The highest BCUT2D eigenvalue weighted by molar-refractivity contribution is 5.81. The fraction of sp³-hybridized carbons (Fsp3) is 0.750. The van der Waals surface area contributed by atoms with Crippen molar-refractivity contribution < 1.29 is 24.2 Å². The molecule has 1 heterocycles. The molecule has 0 spiro atoms. The van der Waals surface area contributed by atoms with E-state index < -0.39 is 30.3 Å². The van der Waals surface area contributed by atoms with Crippen molar-refractivity contribution in [2.24, 2.45) is 0 Å². The van der Waals surface area contributed by atoms with E-state index in [9.17, 15) is 14.0 Å². The minimum Gasteiger partial charge on any atom is -0.480 e. The number of carbonyl (C=O) groups is 2. The predicted molar refractivity (Wildman–Crippen MR) is 48.5 cm³/mol. The van der Waals surface area contributed by atoms with Gasteiger partial charge < -0.3 is 15.1 Å². The molecule has 0 aromatic heterocycles. The minimum absolute atomic E-state index is 0.125. The molecule has 0 unspecified atom stereocenters. The summed E-state index contributed by atoms with van der Waals surface area (Å²) in [5.41, 5.74) is 0. The molecule has 0 aliphatic carbocycles. The van der Waals surface area contributed by atoms with Crippen LogP contribution in [0.3, 0.4) is 0 Å². The van der Waals surface area contributed by atoms with Gasteiger partial charge in [-0.25, -0.2) is 14.0 Å². The van der Waals surface area contributed by atoms with Gasteiger partial charge in [0.1, 0.15) is 6.17 Å². The summed E-state index contributed by atoms with van der Waals surface area (Å²) in [7, 11) is 3.17. The van der Waals surface area contributed by atoms with Crippen molar-refractivity contribution in [2.45, 2.75) is 18.3 Å². The summed E-state index contributed by atoms with van der Waals surface area (Å²) >= 11 is 0.